The first-order chi connectivity index (χ1) is 10.5. The second-order valence-electron chi connectivity index (χ2n) is 5.43. The Labute approximate surface area is 136 Å². The zero-order valence-corrected chi connectivity index (χ0v) is 13.7. The highest BCUT2D eigenvalue weighted by Gasteiger charge is 2.31. The van der Waals surface area contributed by atoms with Crippen LogP contribution in [0.1, 0.15) is 34.6 Å². The number of nitrogens with one attached hydrogen (secondary N) is 1. The van der Waals surface area contributed by atoms with Gasteiger partial charge < -0.3 is 10.4 Å². The van der Waals surface area contributed by atoms with Crippen LogP contribution in [-0.4, -0.2) is 28.0 Å². The molecular weight excluding hydrogens is 320 g/mol. The fourth-order valence-corrected chi connectivity index (χ4v) is 4.47. The molecule has 7 heteroatoms. The second kappa shape index (κ2) is 6.18. The van der Waals surface area contributed by atoms with Gasteiger partial charge in [-0.15, -0.1) is 22.7 Å². The number of carbonyl (C=O) groups excluding carboxylic acids is 1. The van der Waals surface area contributed by atoms with Crippen molar-refractivity contribution in [3.8, 4) is 9.88 Å². The van der Waals surface area contributed by atoms with Gasteiger partial charge >= 0.3 is 5.97 Å². The van der Waals surface area contributed by atoms with Gasteiger partial charge in [0.25, 0.3) is 5.91 Å². The molecule has 0 radical (unpaired) electrons. The molecule has 0 spiro atoms. The van der Waals surface area contributed by atoms with Crippen LogP contribution in [0.5, 0.6) is 0 Å². The highest BCUT2D eigenvalue weighted by Crippen LogP contribution is 2.32. The maximum atomic E-state index is 12.4. The summed E-state index contributed by atoms with van der Waals surface area (Å²) in [6.07, 6.45) is 1.86. The average Bonchev–Trinajstić information content (AvgIpc) is 3.16. The minimum Gasteiger partial charge on any atom is -0.481 e. The van der Waals surface area contributed by atoms with Gasteiger partial charge in [-0.1, -0.05) is 6.07 Å². The molecule has 1 amide bonds. The number of thiazole rings is 1. The molecule has 1 aliphatic carbocycles. The highest BCUT2D eigenvalue weighted by molar-refractivity contribution is 7.22. The summed E-state index contributed by atoms with van der Waals surface area (Å²) < 4.78 is 0. The van der Waals surface area contributed by atoms with Gasteiger partial charge in [0.2, 0.25) is 0 Å². The lowest BCUT2D eigenvalue weighted by Crippen LogP contribution is -2.33. The number of aryl methyl sites for hydroxylation is 1. The van der Waals surface area contributed by atoms with E-state index in [0.29, 0.717) is 17.7 Å². The third-order valence-corrected chi connectivity index (χ3v) is 6.05. The van der Waals surface area contributed by atoms with Crippen LogP contribution in [0.2, 0.25) is 0 Å². The van der Waals surface area contributed by atoms with Crippen LogP contribution >= 0.6 is 22.7 Å². The topological polar surface area (TPSA) is 79.3 Å². The van der Waals surface area contributed by atoms with Crippen molar-refractivity contribution in [1.82, 2.24) is 10.3 Å². The molecule has 2 aromatic heterocycles. The fraction of sp³-hybridized carbons (Fsp3) is 0.400. The zero-order chi connectivity index (χ0) is 15.7. The van der Waals surface area contributed by atoms with E-state index in [4.69, 9.17) is 5.11 Å². The SMILES string of the molecule is Cc1nc(-c2cccs2)sc1C(=O)N[C@@H]1CC[C@H](C(=O)O)C1. The Morgan fingerprint density at radius 2 is 2.23 bits per heavy atom. The summed E-state index contributed by atoms with van der Waals surface area (Å²) in [6, 6.07) is 3.89. The smallest absolute Gasteiger partial charge is 0.306 e. The number of carboxylic acids is 1. The summed E-state index contributed by atoms with van der Waals surface area (Å²) in [7, 11) is 0. The Kier molecular flexibility index (Phi) is 4.26. The quantitative estimate of drug-likeness (QED) is 0.899. The summed E-state index contributed by atoms with van der Waals surface area (Å²) in [6.45, 7) is 1.83. The van der Waals surface area contributed by atoms with E-state index in [1.165, 1.54) is 11.3 Å². The molecule has 0 bridgehead atoms. The van der Waals surface area contributed by atoms with Gasteiger partial charge in [-0.2, -0.15) is 0 Å². The Balaban J connectivity index is 1.69. The van der Waals surface area contributed by atoms with E-state index in [0.717, 1.165) is 22.0 Å². The summed E-state index contributed by atoms with van der Waals surface area (Å²) in [5, 5.41) is 14.8. The van der Waals surface area contributed by atoms with E-state index in [1.807, 2.05) is 24.4 Å². The maximum Gasteiger partial charge on any atom is 0.306 e. The van der Waals surface area contributed by atoms with Crippen molar-refractivity contribution >= 4 is 34.6 Å². The Morgan fingerprint density at radius 3 is 2.86 bits per heavy atom. The number of aliphatic carboxylic acids is 1. The predicted molar refractivity (Wildman–Crippen MR) is 86.4 cm³/mol. The van der Waals surface area contributed by atoms with Gasteiger partial charge in [-0.05, 0) is 37.6 Å². The minimum absolute atomic E-state index is 0.0553. The van der Waals surface area contributed by atoms with Gasteiger partial charge in [0.05, 0.1) is 16.5 Å². The highest BCUT2D eigenvalue weighted by atomic mass is 32.1. The lowest BCUT2D eigenvalue weighted by molar-refractivity contribution is -0.141. The van der Waals surface area contributed by atoms with Crippen molar-refractivity contribution in [3.63, 3.8) is 0 Å². The minimum atomic E-state index is -0.772. The average molecular weight is 336 g/mol. The number of carboxylic acid groups (broad SMARTS) is 1. The molecule has 1 fully saturated rings. The van der Waals surface area contributed by atoms with Gasteiger partial charge in [0, 0.05) is 6.04 Å². The number of thiophene rings is 1. The third kappa shape index (κ3) is 3.05. The molecule has 2 N–H and O–H groups in total. The second-order valence-corrected chi connectivity index (χ2v) is 7.38. The molecule has 2 heterocycles. The summed E-state index contributed by atoms with van der Waals surface area (Å²) in [5.41, 5.74) is 0.721. The van der Waals surface area contributed by atoms with Crippen molar-refractivity contribution in [3.05, 3.63) is 28.1 Å². The number of nitrogens with zero attached hydrogens (tertiary/aromatic N) is 1. The molecule has 1 aliphatic rings. The first kappa shape index (κ1) is 15.2. The molecule has 0 aliphatic heterocycles. The first-order valence-corrected chi connectivity index (χ1v) is 8.79. The molecule has 0 saturated heterocycles. The van der Waals surface area contributed by atoms with E-state index in [-0.39, 0.29) is 17.9 Å². The number of hydrogen-bond acceptors (Lipinski definition) is 5. The van der Waals surface area contributed by atoms with Crippen LogP contribution in [0.15, 0.2) is 17.5 Å². The molecule has 2 atom stereocenters. The van der Waals surface area contributed by atoms with E-state index < -0.39 is 5.97 Å². The van der Waals surface area contributed by atoms with Crippen LogP contribution in [-0.2, 0) is 4.79 Å². The molecule has 0 aromatic carbocycles. The Hall–Kier alpha value is -1.73. The first-order valence-electron chi connectivity index (χ1n) is 7.09. The number of aromatic nitrogens is 1. The number of carbonyl (C=O) groups is 2. The fourth-order valence-electron chi connectivity index (χ4n) is 2.70. The normalized spacial score (nSPS) is 21.0. The number of amides is 1. The molecule has 2 aromatic rings. The van der Waals surface area contributed by atoms with Gasteiger partial charge in [-0.25, -0.2) is 4.98 Å². The summed E-state index contributed by atoms with van der Waals surface area (Å²) >= 11 is 2.98. The van der Waals surface area contributed by atoms with E-state index in [1.54, 1.807) is 11.3 Å². The molecule has 5 nitrogen and oxygen atoms in total. The van der Waals surface area contributed by atoms with Crippen LogP contribution < -0.4 is 5.32 Å². The summed E-state index contributed by atoms with van der Waals surface area (Å²) in [4.78, 5) is 29.5. The third-order valence-electron chi connectivity index (χ3n) is 3.85. The Morgan fingerprint density at radius 1 is 1.41 bits per heavy atom. The zero-order valence-electron chi connectivity index (χ0n) is 12.0. The molecule has 1 saturated carbocycles. The van der Waals surface area contributed by atoms with Crippen LogP contribution in [0, 0.1) is 12.8 Å². The van der Waals surface area contributed by atoms with Crippen molar-refractivity contribution in [2.45, 2.75) is 32.2 Å². The molecular formula is C15H16N2O3S2. The van der Waals surface area contributed by atoms with Gasteiger partial charge in [0.15, 0.2) is 0 Å². The number of rotatable bonds is 4. The van der Waals surface area contributed by atoms with Crippen molar-refractivity contribution in [1.29, 1.82) is 0 Å². The van der Waals surface area contributed by atoms with Gasteiger partial charge in [-0.3, -0.25) is 9.59 Å². The van der Waals surface area contributed by atoms with Crippen molar-refractivity contribution in [2.75, 3.05) is 0 Å². The van der Waals surface area contributed by atoms with Crippen LogP contribution in [0.4, 0.5) is 0 Å². The summed E-state index contributed by atoms with van der Waals surface area (Å²) in [5.74, 6) is -1.26. The lowest BCUT2D eigenvalue weighted by Gasteiger charge is -2.11. The Bertz CT molecular complexity index is 694. The lowest BCUT2D eigenvalue weighted by atomic mass is 10.1. The molecule has 0 unspecified atom stereocenters. The van der Waals surface area contributed by atoms with Crippen LogP contribution in [0.25, 0.3) is 9.88 Å². The maximum absolute atomic E-state index is 12.4. The predicted octanol–water partition coefficient (Wildman–Crippen LogP) is 3.16. The molecule has 116 valence electrons. The monoisotopic (exact) mass is 336 g/mol. The van der Waals surface area contributed by atoms with E-state index in [2.05, 4.69) is 10.3 Å². The van der Waals surface area contributed by atoms with Crippen LogP contribution in [0.3, 0.4) is 0 Å². The van der Waals surface area contributed by atoms with Crippen molar-refractivity contribution in [2.24, 2.45) is 5.92 Å². The molecule has 22 heavy (non-hydrogen) atoms. The number of hydrogen-bond donors (Lipinski definition) is 2. The van der Waals surface area contributed by atoms with Crippen molar-refractivity contribution < 1.29 is 14.7 Å². The standard InChI is InChI=1S/C15H16N2O3S2/c1-8-12(22-14(16-8)11-3-2-6-21-11)13(18)17-10-5-4-9(7-10)15(19)20/h2-3,6,9-10H,4-5,7H2,1H3,(H,17,18)(H,19,20)/t9-,10+/m0/s1. The van der Waals surface area contributed by atoms with Gasteiger partial charge in [0.1, 0.15) is 9.88 Å². The molecule has 3 rings (SSSR count). The van der Waals surface area contributed by atoms with E-state index in [9.17, 15) is 9.59 Å². The largest absolute Gasteiger partial charge is 0.481 e. The van der Waals surface area contributed by atoms with E-state index >= 15 is 0 Å².